The molecule has 0 saturated carbocycles. The lowest BCUT2D eigenvalue weighted by Gasteiger charge is -2.25. The lowest BCUT2D eigenvalue weighted by Crippen LogP contribution is -2.38. The Morgan fingerprint density at radius 2 is 1.45 bits per heavy atom. The number of carbonyl (C=O) groups is 4. The highest BCUT2D eigenvalue weighted by atomic mass is 16.7. The predicted molar refractivity (Wildman–Crippen MR) is 141 cm³/mol. The van der Waals surface area contributed by atoms with Gasteiger partial charge in [-0.25, -0.2) is 4.79 Å². The van der Waals surface area contributed by atoms with E-state index in [2.05, 4.69) is 0 Å². The molecule has 38 heavy (non-hydrogen) atoms. The van der Waals surface area contributed by atoms with E-state index in [1.54, 1.807) is 13.0 Å². The van der Waals surface area contributed by atoms with Crippen LogP contribution in [0.2, 0.25) is 0 Å². The molecule has 1 rings (SSSR count). The molecule has 1 aromatic carbocycles. The molecule has 2 unspecified atom stereocenters. The van der Waals surface area contributed by atoms with E-state index < -0.39 is 42.1 Å². The molecule has 3 atom stereocenters. The first-order chi connectivity index (χ1) is 18.1. The number of hydrogen-bond donors (Lipinski definition) is 2. The first-order valence-electron chi connectivity index (χ1n) is 13.5. The normalized spacial score (nSPS) is 13.2. The van der Waals surface area contributed by atoms with Crippen molar-refractivity contribution in [3.8, 4) is 11.5 Å². The summed E-state index contributed by atoms with van der Waals surface area (Å²) >= 11 is 0. The average Bonchev–Trinajstić information content (AvgIpc) is 2.87. The zero-order valence-electron chi connectivity index (χ0n) is 23.0. The summed E-state index contributed by atoms with van der Waals surface area (Å²) in [4.78, 5) is 48.5. The van der Waals surface area contributed by atoms with Crippen molar-refractivity contribution in [3.63, 3.8) is 0 Å². The van der Waals surface area contributed by atoms with E-state index in [9.17, 15) is 24.3 Å². The van der Waals surface area contributed by atoms with E-state index in [-0.39, 0.29) is 37.4 Å². The fraction of sp³-hybridized carbons (Fsp3) is 0.643. The molecule has 214 valence electrons. The second-order valence-electron chi connectivity index (χ2n) is 9.30. The largest absolute Gasteiger partial charge is 0.508 e. The van der Waals surface area contributed by atoms with Crippen molar-refractivity contribution >= 4 is 24.1 Å². The van der Waals surface area contributed by atoms with Gasteiger partial charge in [0.2, 0.25) is 0 Å². The standard InChI is InChI=1S/C28H43NO9/c1-5-8-10-12-24(30)37-22-15-14-20(18-23(22)38-25(31)13-11-9-6-2)21(26(29)27(32)33)17-19(4)36-28(34)35-16-7-3/h14-15,18-19,21,26H,5-13,16-17,29H2,1-4H3,(H,32,33)/t19?,21?,26-/m0/s1. The molecule has 0 amide bonds. The summed E-state index contributed by atoms with van der Waals surface area (Å²) in [6, 6.07) is 3.15. The Kier molecular flexibility index (Phi) is 15.7. The van der Waals surface area contributed by atoms with E-state index in [0.717, 1.165) is 25.7 Å². The van der Waals surface area contributed by atoms with Crippen molar-refractivity contribution in [2.45, 2.75) is 110 Å². The number of carboxylic acids is 1. The second kappa shape index (κ2) is 18.2. The van der Waals surface area contributed by atoms with Gasteiger partial charge in [-0.15, -0.1) is 0 Å². The molecule has 0 aliphatic heterocycles. The topological polar surface area (TPSA) is 151 Å². The lowest BCUT2D eigenvalue weighted by molar-refractivity contribution is -0.139. The van der Waals surface area contributed by atoms with Crippen LogP contribution in [0.4, 0.5) is 4.79 Å². The predicted octanol–water partition coefficient (Wildman–Crippen LogP) is 5.50. The summed E-state index contributed by atoms with van der Waals surface area (Å²) in [5, 5.41) is 9.62. The van der Waals surface area contributed by atoms with Crippen LogP contribution < -0.4 is 15.2 Å². The van der Waals surface area contributed by atoms with Crippen LogP contribution in [0.3, 0.4) is 0 Å². The zero-order chi connectivity index (χ0) is 28.5. The number of carboxylic acid groups (broad SMARTS) is 1. The van der Waals surface area contributed by atoms with Crippen LogP contribution in [-0.4, -0.2) is 47.9 Å². The van der Waals surface area contributed by atoms with E-state index in [1.165, 1.54) is 12.1 Å². The average molecular weight is 538 g/mol. The third kappa shape index (κ3) is 12.4. The molecule has 0 spiro atoms. The van der Waals surface area contributed by atoms with Crippen molar-refractivity contribution in [2.75, 3.05) is 6.61 Å². The van der Waals surface area contributed by atoms with Gasteiger partial charge >= 0.3 is 24.1 Å². The van der Waals surface area contributed by atoms with Crippen LogP contribution in [0, 0.1) is 0 Å². The summed E-state index contributed by atoms with van der Waals surface area (Å²) in [7, 11) is 0. The molecular weight excluding hydrogens is 494 g/mol. The van der Waals surface area contributed by atoms with Gasteiger partial charge in [0.05, 0.1) is 6.61 Å². The molecule has 0 saturated heterocycles. The molecule has 0 aliphatic rings. The number of unbranched alkanes of at least 4 members (excludes halogenated alkanes) is 4. The van der Waals surface area contributed by atoms with Crippen LogP contribution in [0.25, 0.3) is 0 Å². The summed E-state index contributed by atoms with van der Waals surface area (Å²) < 4.78 is 21.2. The minimum absolute atomic E-state index is 0.00588. The molecule has 0 bridgehead atoms. The van der Waals surface area contributed by atoms with E-state index >= 15 is 0 Å². The number of esters is 2. The third-order valence-corrected chi connectivity index (χ3v) is 5.84. The Hall–Kier alpha value is -3.14. The van der Waals surface area contributed by atoms with Crippen molar-refractivity contribution in [3.05, 3.63) is 23.8 Å². The third-order valence-electron chi connectivity index (χ3n) is 5.84. The molecule has 0 heterocycles. The van der Waals surface area contributed by atoms with Crippen molar-refractivity contribution < 1.29 is 43.2 Å². The quantitative estimate of drug-likeness (QED) is 0.140. The van der Waals surface area contributed by atoms with Crippen LogP contribution in [0.1, 0.15) is 103 Å². The maximum atomic E-state index is 12.5. The Labute approximate surface area is 225 Å². The van der Waals surface area contributed by atoms with Gasteiger partial charge in [0, 0.05) is 18.8 Å². The molecule has 3 N–H and O–H groups in total. The molecule has 0 aromatic heterocycles. The number of nitrogens with two attached hydrogens (primary N) is 1. The molecule has 1 aromatic rings. The fourth-order valence-corrected chi connectivity index (χ4v) is 3.76. The van der Waals surface area contributed by atoms with Gasteiger partial charge in [-0.2, -0.15) is 0 Å². The Balaban J connectivity index is 3.23. The number of benzene rings is 1. The van der Waals surface area contributed by atoms with Crippen molar-refractivity contribution in [1.82, 2.24) is 0 Å². The maximum absolute atomic E-state index is 12.5. The summed E-state index contributed by atoms with van der Waals surface area (Å²) in [6.45, 7) is 7.70. The van der Waals surface area contributed by atoms with Gasteiger partial charge in [-0.3, -0.25) is 14.4 Å². The Morgan fingerprint density at radius 1 is 0.868 bits per heavy atom. The number of ether oxygens (including phenoxy) is 4. The van der Waals surface area contributed by atoms with Crippen LogP contribution in [-0.2, 0) is 23.9 Å². The second-order valence-corrected chi connectivity index (χ2v) is 9.30. The van der Waals surface area contributed by atoms with Gasteiger partial charge in [0.1, 0.15) is 12.1 Å². The van der Waals surface area contributed by atoms with Crippen LogP contribution in [0.15, 0.2) is 18.2 Å². The highest BCUT2D eigenvalue weighted by Crippen LogP contribution is 2.35. The van der Waals surface area contributed by atoms with E-state index in [4.69, 9.17) is 24.7 Å². The molecular formula is C28H43NO9. The molecule has 10 heteroatoms. The first kappa shape index (κ1) is 32.9. The van der Waals surface area contributed by atoms with Crippen LogP contribution in [0.5, 0.6) is 11.5 Å². The van der Waals surface area contributed by atoms with Gasteiger partial charge in [0.25, 0.3) is 0 Å². The number of aliphatic carboxylic acids is 1. The molecule has 0 fully saturated rings. The highest BCUT2D eigenvalue weighted by Gasteiger charge is 2.30. The molecule has 10 nitrogen and oxygen atoms in total. The summed E-state index contributed by atoms with van der Waals surface area (Å²) in [6.07, 6.45) is 4.48. The van der Waals surface area contributed by atoms with Crippen molar-refractivity contribution in [2.24, 2.45) is 5.73 Å². The Bertz CT molecular complexity index is 902. The van der Waals surface area contributed by atoms with Gasteiger partial charge in [-0.1, -0.05) is 52.5 Å². The summed E-state index contributed by atoms with van der Waals surface area (Å²) in [5.41, 5.74) is 6.44. The van der Waals surface area contributed by atoms with Gasteiger partial charge in [-0.05, 0) is 50.3 Å². The highest BCUT2D eigenvalue weighted by molar-refractivity contribution is 5.77. The fourth-order valence-electron chi connectivity index (χ4n) is 3.76. The first-order valence-corrected chi connectivity index (χ1v) is 13.5. The monoisotopic (exact) mass is 537 g/mol. The summed E-state index contributed by atoms with van der Waals surface area (Å²) in [5.74, 6) is -2.94. The van der Waals surface area contributed by atoms with E-state index in [1.807, 2.05) is 20.8 Å². The minimum atomic E-state index is -1.34. The SMILES string of the molecule is CCCCCC(=O)Oc1ccc(C(CC(C)OC(=O)OCCC)[C@H](N)C(=O)O)cc1OC(=O)CCCCC. The smallest absolute Gasteiger partial charge is 0.480 e. The minimum Gasteiger partial charge on any atom is -0.480 e. The van der Waals surface area contributed by atoms with Crippen molar-refractivity contribution in [1.29, 1.82) is 0 Å². The van der Waals surface area contributed by atoms with E-state index in [0.29, 0.717) is 24.8 Å². The number of rotatable bonds is 18. The van der Waals surface area contributed by atoms with Gasteiger partial charge < -0.3 is 29.8 Å². The van der Waals surface area contributed by atoms with Gasteiger partial charge in [0.15, 0.2) is 11.5 Å². The number of carbonyl (C=O) groups excluding carboxylic acids is 3. The molecule has 0 radical (unpaired) electrons. The van der Waals surface area contributed by atoms with Crippen LogP contribution >= 0.6 is 0 Å². The lowest BCUT2D eigenvalue weighted by atomic mass is 9.87. The maximum Gasteiger partial charge on any atom is 0.508 e. The Morgan fingerprint density at radius 3 is 1.97 bits per heavy atom. The zero-order valence-corrected chi connectivity index (χ0v) is 23.0. The number of hydrogen-bond acceptors (Lipinski definition) is 9. The molecule has 0 aliphatic carbocycles.